The quantitative estimate of drug-likeness (QED) is 0.654. The highest BCUT2D eigenvalue weighted by molar-refractivity contribution is 8.04. The van der Waals surface area contributed by atoms with Gasteiger partial charge in [-0.2, -0.15) is 5.26 Å². The van der Waals surface area contributed by atoms with Crippen LogP contribution in [0.25, 0.3) is 0 Å². The number of thioether (sulfide) groups is 1. The number of nitrogens with zero attached hydrogens (tertiary/aromatic N) is 2. The van der Waals surface area contributed by atoms with E-state index in [2.05, 4.69) is 5.32 Å². The van der Waals surface area contributed by atoms with Crippen molar-refractivity contribution >= 4 is 29.3 Å². The van der Waals surface area contributed by atoms with Crippen molar-refractivity contribution in [2.24, 2.45) is 0 Å². The zero-order chi connectivity index (χ0) is 19.4. The molecule has 2 aromatic rings. The lowest BCUT2D eigenvalue weighted by molar-refractivity contribution is -0.117. The molecule has 0 unspecified atom stereocenters. The van der Waals surface area contributed by atoms with Crippen LogP contribution in [-0.2, 0) is 16.1 Å². The molecule has 6 heteroatoms. The molecule has 0 aliphatic carbocycles. The Labute approximate surface area is 162 Å². The van der Waals surface area contributed by atoms with Crippen LogP contribution in [0.5, 0.6) is 0 Å². The predicted molar refractivity (Wildman–Crippen MR) is 107 cm³/mol. The van der Waals surface area contributed by atoms with Crippen LogP contribution in [-0.4, -0.2) is 17.6 Å². The second-order valence-electron chi connectivity index (χ2n) is 6.25. The van der Waals surface area contributed by atoms with Gasteiger partial charge in [0, 0.05) is 12.2 Å². The van der Waals surface area contributed by atoms with Crippen LogP contribution in [0.3, 0.4) is 0 Å². The fraction of sp³-hybridized carbons (Fsp3) is 0.190. The van der Waals surface area contributed by atoms with Crippen molar-refractivity contribution in [1.29, 1.82) is 5.26 Å². The van der Waals surface area contributed by atoms with Crippen molar-refractivity contribution in [2.45, 2.75) is 20.4 Å². The Balaban J connectivity index is 1.89. The summed E-state index contributed by atoms with van der Waals surface area (Å²) >= 11 is 1.22. The first-order valence-electron chi connectivity index (χ1n) is 8.50. The Morgan fingerprint density at radius 1 is 1.19 bits per heavy atom. The minimum Gasteiger partial charge on any atom is -0.347 e. The maximum Gasteiger partial charge on any atom is 0.264 e. The number of hydrogen-bond donors (Lipinski definition) is 1. The molecule has 1 N–H and O–H groups in total. The van der Waals surface area contributed by atoms with Crippen LogP contribution in [0.4, 0.5) is 5.69 Å². The second-order valence-corrected chi connectivity index (χ2v) is 7.21. The molecule has 0 bridgehead atoms. The van der Waals surface area contributed by atoms with E-state index in [9.17, 15) is 14.9 Å². The molecule has 1 fully saturated rings. The third-order valence-electron chi connectivity index (χ3n) is 4.38. The number of aryl methyl sites for hydroxylation is 2. The van der Waals surface area contributed by atoms with Crippen molar-refractivity contribution in [1.82, 2.24) is 5.32 Å². The molecule has 1 aliphatic rings. The number of nitrogens with one attached hydrogen (secondary N) is 1. The van der Waals surface area contributed by atoms with E-state index in [0.29, 0.717) is 17.3 Å². The Morgan fingerprint density at radius 2 is 1.93 bits per heavy atom. The number of carbonyl (C=O) groups is 2. The smallest absolute Gasteiger partial charge is 0.264 e. The first-order valence-corrected chi connectivity index (χ1v) is 9.49. The molecule has 0 spiro atoms. The van der Waals surface area contributed by atoms with Gasteiger partial charge in [0.1, 0.15) is 16.7 Å². The molecule has 0 aromatic heterocycles. The van der Waals surface area contributed by atoms with E-state index in [0.717, 1.165) is 16.7 Å². The Kier molecular flexibility index (Phi) is 5.63. The van der Waals surface area contributed by atoms with Gasteiger partial charge in [-0.15, -0.1) is 0 Å². The Morgan fingerprint density at radius 3 is 2.59 bits per heavy atom. The number of carbonyl (C=O) groups excluding carboxylic acids is 2. The summed E-state index contributed by atoms with van der Waals surface area (Å²) in [6.07, 6.45) is 0. The molecular weight excluding hydrogens is 358 g/mol. The topological polar surface area (TPSA) is 73.2 Å². The van der Waals surface area contributed by atoms with Crippen molar-refractivity contribution in [3.63, 3.8) is 0 Å². The molecule has 0 saturated carbocycles. The highest BCUT2D eigenvalue weighted by Gasteiger charge is 2.33. The SMILES string of the molecule is Cc1ccc(N2C(=O)CS/C2=C(/C#N)C(=O)NCc2ccccc2)cc1C. The normalized spacial score (nSPS) is 15.4. The summed E-state index contributed by atoms with van der Waals surface area (Å²) in [5, 5.41) is 12.7. The summed E-state index contributed by atoms with van der Waals surface area (Å²) in [7, 11) is 0. The zero-order valence-corrected chi connectivity index (χ0v) is 16.0. The van der Waals surface area contributed by atoms with Gasteiger partial charge in [-0.05, 0) is 42.7 Å². The maximum atomic E-state index is 12.6. The molecule has 2 aromatic carbocycles. The van der Waals surface area contributed by atoms with Crippen molar-refractivity contribution in [3.05, 3.63) is 75.8 Å². The van der Waals surface area contributed by atoms with E-state index in [1.807, 2.05) is 68.4 Å². The van der Waals surface area contributed by atoms with Gasteiger partial charge < -0.3 is 5.32 Å². The Hall–Kier alpha value is -3.04. The molecule has 0 radical (unpaired) electrons. The van der Waals surface area contributed by atoms with Gasteiger partial charge in [-0.1, -0.05) is 48.2 Å². The van der Waals surface area contributed by atoms with E-state index in [-0.39, 0.29) is 17.2 Å². The number of benzene rings is 2. The van der Waals surface area contributed by atoms with Gasteiger partial charge in [0.05, 0.1) is 5.75 Å². The second kappa shape index (κ2) is 8.11. The third kappa shape index (κ3) is 4.04. The molecular formula is C21H19N3O2S. The fourth-order valence-electron chi connectivity index (χ4n) is 2.74. The minimum atomic E-state index is -0.479. The summed E-state index contributed by atoms with van der Waals surface area (Å²) in [5.74, 6) is -0.409. The number of nitriles is 1. The van der Waals surface area contributed by atoms with Crippen LogP contribution in [0.1, 0.15) is 16.7 Å². The molecule has 1 heterocycles. The lowest BCUT2D eigenvalue weighted by Gasteiger charge is -2.19. The molecule has 3 rings (SSSR count). The average Bonchev–Trinajstić information content (AvgIpc) is 3.05. The van der Waals surface area contributed by atoms with E-state index in [1.165, 1.54) is 16.7 Å². The summed E-state index contributed by atoms with van der Waals surface area (Å²) in [5.41, 5.74) is 3.73. The fourth-order valence-corrected chi connectivity index (χ4v) is 3.75. The molecule has 0 atom stereocenters. The van der Waals surface area contributed by atoms with Crippen LogP contribution < -0.4 is 10.2 Å². The molecule has 5 nitrogen and oxygen atoms in total. The summed E-state index contributed by atoms with van der Waals surface area (Å²) < 4.78 is 0. The van der Waals surface area contributed by atoms with E-state index < -0.39 is 5.91 Å². The van der Waals surface area contributed by atoms with Gasteiger partial charge in [0.15, 0.2) is 0 Å². The predicted octanol–water partition coefficient (Wildman–Crippen LogP) is 3.43. The van der Waals surface area contributed by atoms with Crippen LogP contribution >= 0.6 is 11.8 Å². The van der Waals surface area contributed by atoms with Gasteiger partial charge in [0.25, 0.3) is 5.91 Å². The molecule has 27 heavy (non-hydrogen) atoms. The van der Waals surface area contributed by atoms with E-state index >= 15 is 0 Å². The Bertz CT molecular complexity index is 961. The lowest BCUT2D eigenvalue weighted by atomic mass is 10.1. The van der Waals surface area contributed by atoms with E-state index in [4.69, 9.17) is 0 Å². The number of rotatable bonds is 4. The first-order chi connectivity index (χ1) is 13.0. The summed E-state index contributed by atoms with van der Waals surface area (Å²) in [6, 6.07) is 17.1. The molecule has 1 saturated heterocycles. The molecule has 136 valence electrons. The van der Waals surface area contributed by atoms with Gasteiger partial charge in [0.2, 0.25) is 5.91 Å². The van der Waals surface area contributed by atoms with Gasteiger partial charge >= 0.3 is 0 Å². The largest absolute Gasteiger partial charge is 0.347 e. The monoisotopic (exact) mass is 377 g/mol. The van der Waals surface area contributed by atoms with Gasteiger partial charge in [-0.3, -0.25) is 14.5 Å². The van der Waals surface area contributed by atoms with Crippen molar-refractivity contribution in [3.8, 4) is 6.07 Å². The summed E-state index contributed by atoms with van der Waals surface area (Å²) in [4.78, 5) is 26.5. The average molecular weight is 377 g/mol. The third-order valence-corrected chi connectivity index (χ3v) is 5.43. The highest BCUT2D eigenvalue weighted by Crippen LogP contribution is 2.36. The molecule has 1 aliphatic heterocycles. The molecule has 2 amide bonds. The van der Waals surface area contributed by atoms with Gasteiger partial charge in [-0.25, -0.2) is 0 Å². The standard InChI is InChI=1S/C21H19N3O2S/c1-14-8-9-17(10-15(14)2)24-19(25)13-27-21(24)18(11-22)20(26)23-12-16-6-4-3-5-7-16/h3-10H,12-13H2,1-2H3,(H,23,26)/b21-18-. The first kappa shape index (κ1) is 18.7. The highest BCUT2D eigenvalue weighted by atomic mass is 32.2. The van der Waals surface area contributed by atoms with Crippen molar-refractivity contribution in [2.75, 3.05) is 10.7 Å². The van der Waals surface area contributed by atoms with E-state index in [1.54, 1.807) is 0 Å². The van der Waals surface area contributed by atoms with Crippen LogP contribution in [0, 0.1) is 25.2 Å². The lowest BCUT2D eigenvalue weighted by Crippen LogP contribution is -2.29. The van der Waals surface area contributed by atoms with Crippen LogP contribution in [0.2, 0.25) is 0 Å². The number of amides is 2. The summed E-state index contributed by atoms with van der Waals surface area (Å²) in [6.45, 7) is 4.28. The minimum absolute atomic E-state index is 0.0417. The number of hydrogen-bond acceptors (Lipinski definition) is 4. The zero-order valence-electron chi connectivity index (χ0n) is 15.2. The number of anilines is 1. The maximum absolute atomic E-state index is 12.6. The van der Waals surface area contributed by atoms with Crippen LogP contribution in [0.15, 0.2) is 59.1 Å². The van der Waals surface area contributed by atoms with Crippen molar-refractivity contribution < 1.29 is 9.59 Å².